The number of benzene rings is 1. The van der Waals surface area contributed by atoms with Crippen molar-refractivity contribution in [2.45, 2.75) is 50.8 Å². The maximum Gasteiger partial charge on any atom is 0.142 e. The summed E-state index contributed by atoms with van der Waals surface area (Å²) < 4.78 is 32.0. The van der Waals surface area contributed by atoms with E-state index in [1.165, 1.54) is 6.07 Å². The number of aromatic nitrogens is 3. The lowest BCUT2D eigenvalue weighted by atomic mass is 9.86. The molecule has 1 atom stereocenters. The highest BCUT2D eigenvalue weighted by molar-refractivity contribution is 7.92. The topological polar surface area (TPSA) is 74.2 Å². The van der Waals surface area contributed by atoms with Gasteiger partial charge in [0.2, 0.25) is 0 Å². The molecule has 2 aromatic heterocycles. The van der Waals surface area contributed by atoms with Crippen LogP contribution in [0.4, 0.5) is 10.2 Å². The number of nitrogens with one attached hydrogen (secondary N) is 1. The normalized spacial score (nSPS) is 20.5. The third kappa shape index (κ3) is 5.66. The van der Waals surface area contributed by atoms with Crippen molar-refractivity contribution in [2.24, 2.45) is 10.3 Å². The number of aromatic amines is 1. The van der Waals surface area contributed by atoms with E-state index < -0.39 is 15.5 Å². The van der Waals surface area contributed by atoms with Crippen molar-refractivity contribution in [3.05, 3.63) is 53.2 Å². The van der Waals surface area contributed by atoms with Gasteiger partial charge in [0.05, 0.1) is 25.9 Å². The molecule has 1 aliphatic carbocycles. The molecule has 0 bridgehead atoms. The molecule has 1 saturated carbocycles. The molecular formula is C24H31ClFN5OS. The number of rotatable bonds is 8. The first kappa shape index (κ1) is 24.0. The second-order valence-corrected chi connectivity index (χ2v) is 11.7. The molecule has 1 unspecified atom stereocenters. The molecular weight excluding hydrogens is 461 g/mol. The molecule has 0 spiro atoms. The molecule has 2 heterocycles. The summed E-state index contributed by atoms with van der Waals surface area (Å²) in [7, 11) is -0.344. The summed E-state index contributed by atoms with van der Waals surface area (Å²) in [5.41, 5.74) is 1.62. The fourth-order valence-electron chi connectivity index (χ4n) is 4.68. The number of nitrogens with zero attached hydrogens (tertiary/aromatic N) is 4. The Morgan fingerprint density at radius 1 is 1.24 bits per heavy atom. The van der Waals surface area contributed by atoms with Crippen molar-refractivity contribution in [1.29, 1.82) is 0 Å². The third-order valence-corrected chi connectivity index (χ3v) is 9.17. The highest BCUT2D eigenvalue weighted by Gasteiger charge is 2.28. The van der Waals surface area contributed by atoms with Crippen LogP contribution in [0.25, 0.3) is 11.0 Å². The summed E-state index contributed by atoms with van der Waals surface area (Å²) in [5.74, 6) is 1.74. The number of anilines is 1. The van der Waals surface area contributed by atoms with Crippen LogP contribution in [0.1, 0.15) is 44.6 Å². The van der Waals surface area contributed by atoms with E-state index in [0.717, 1.165) is 54.5 Å². The van der Waals surface area contributed by atoms with Crippen LogP contribution in [-0.2, 0) is 15.5 Å². The van der Waals surface area contributed by atoms with Gasteiger partial charge in [-0.1, -0.05) is 24.6 Å². The average Bonchev–Trinajstić information content (AvgIpc) is 3.29. The molecule has 0 amide bonds. The zero-order chi connectivity index (χ0) is 23.4. The van der Waals surface area contributed by atoms with Gasteiger partial charge in [0.25, 0.3) is 0 Å². The van der Waals surface area contributed by atoms with Crippen LogP contribution in [0.5, 0.6) is 0 Å². The number of hydrogen-bond donors (Lipinski definition) is 1. The summed E-state index contributed by atoms with van der Waals surface area (Å²) >= 11 is 5.95. The van der Waals surface area contributed by atoms with Crippen LogP contribution in [-0.4, -0.2) is 44.5 Å². The SMILES string of the molecule is CCCN=S(=O)(Cc1ccc(F)c(Cl)c1)CC1CCC(N(C)c2ncnc3[nH]ccc23)CC1. The van der Waals surface area contributed by atoms with E-state index >= 15 is 0 Å². The van der Waals surface area contributed by atoms with Crippen LogP contribution < -0.4 is 4.90 Å². The molecule has 0 saturated heterocycles. The molecule has 178 valence electrons. The van der Waals surface area contributed by atoms with Crippen LogP contribution >= 0.6 is 11.6 Å². The van der Waals surface area contributed by atoms with Gasteiger partial charge < -0.3 is 9.88 Å². The molecule has 1 fully saturated rings. The van der Waals surface area contributed by atoms with Crippen molar-refractivity contribution in [3.8, 4) is 0 Å². The fourth-order valence-corrected chi connectivity index (χ4v) is 7.49. The van der Waals surface area contributed by atoms with Gasteiger partial charge in [-0.2, -0.15) is 0 Å². The average molecular weight is 492 g/mol. The van der Waals surface area contributed by atoms with Gasteiger partial charge in [-0.25, -0.2) is 22.9 Å². The van der Waals surface area contributed by atoms with E-state index in [0.29, 0.717) is 30.0 Å². The second kappa shape index (κ2) is 10.4. The molecule has 6 nitrogen and oxygen atoms in total. The number of hydrogen-bond acceptors (Lipinski definition) is 5. The fraction of sp³-hybridized carbons (Fsp3) is 0.500. The smallest absolute Gasteiger partial charge is 0.142 e. The lowest BCUT2D eigenvalue weighted by Gasteiger charge is -2.35. The van der Waals surface area contributed by atoms with E-state index in [-0.39, 0.29) is 5.02 Å². The van der Waals surface area contributed by atoms with Gasteiger partial charge in [0, 0.05) is 31.6 Å². The van der Waals surface area contributed by atoms with Gasteiger partial charge in [-0.15, -0.1) is 0 Å². The summed E-state index contributed by atoms with van der Waals surface area (Å²) in [6.07, 6.45) is 8.37. The zero-order valence-corrected chi connectivity index (χ0v) is 20.7. The number of H-pyrrole nitrogens is 1. The van der Waals surface area contributed by atoms with Crippen LogP contribution in [0.3, 0.4) is 0 Å². The van der Waals surface area contributed by atoms with E-state index in [9.17, 15) is 8.60 Å². The first-order chi connectivity index (χ1) is 15.9. The van der Waals surface area contributed by atoms with Gasteiger partial charge in [0.15, 0.2) is 0 Å². The molecule has 0 aliphatic heterocycles. The molecule has 3 aromatic rings. The van der Waals surface area contributed by atoms with Crippen molar-refractivity contribution in [1.82, 2.24) is 15.0 Å². The number of fused-ring (bicyclic) bond motifs is 1. The van der Waals surface area contributed by atoms with Gasteiger partial charge in [-0.3, -0.25) is 0 Å². The molecule has 0 radical (unpaired) electrons. The maximum absolute atomic E-state index is 13.8. The minimum Gasteiger partial charge on any atom is -0.356 e. The largest absolute Gasteiger partial charge is 0.356 e. The summed E-state index contributed by atoms with van der Waals surface area (Å²) in [4.78, 5) is 14.2. The highest BCUT2D eigenvalue weighted by atomic mass is 35.5. The zero-order valence-electron chi connectivity index (χ0n) is 19.1. The van der Waals surface area contributed by atoms with Crippen molar-refractivity contribution < 1.29 is 8.60 Å². The number of halogens is 2. The van der Waals surface area contributed by atoms with Crippen LogP contribution in [0.15, 0.2) is 41.2 Å². The second-order valence-electron chi connectivity index (χ2n) is 8.91. The first-order valence-corrected chi connectivity index (χ1v) is 13.7. The molecule has 1 aromatic carbocycles. The summed E-state index contributed by atoms with van der Waals surface area (Å²) in [6.45, 7) is 2.61. The van der Waals surface area contributed by atoms with Crippen LogP contribution in [0, 0.1) is 11.7 Å². The van der Waals surface area contributed by atoms with Gasteiger partial charge in [0.1, 0.15) is 23.6 Å². The molecule has 9 heteroatoms. The molecule has 1 aliphatic rings. The van der Waals surface area contributed by atoms with Gasteiger partial charge >= 0.3 is 0 Å². The Labute approximate surface area is 200 Å². The van der Waals surface area contributed by atoms with Crippen LogP contribution in [0.2, 0.25) is 5.02 Å². The maximum atomic E-state index is 13.8. The van der Waals surface area contributed by atoms with E-state index in [1.54, 1.807) is 18.5 Å². The van der Waals surface area contributed by atoms with E-state index in [4.69, 9.17) is 11.6 Å². The molecule has 4 rings (SSSR count). The predicted molar refractivity (Wildman–Crippen MR) is 134 cm³/mol. The minimum atomic E-state index is -2.44. The lowest BCUT2D eigenvalue weighted by Crippen LogP contribution is -2.37. The van der Waals surface area contributed by atoms with Gasteiger partial charge in [-0.05, 0) is 61.8 Å². The minimum absolute atomic E-state index is 0.0644. The lowest BCUT2D eigenvalue weighted by molar-refractivity contribution is 0.342. The molecule has 1 N–H and O–H groups in total. The Morgan fingerprint density at radius 3 is 2.76 bits per heavy atom. The monoisotopic (exact) mass is 491 g/mol. The summed E-state index contributed by atoms with van der Waals surface area (Å²) in [5, 5.41) is 1.09. The van der Waals surface area contributed by atoms with Crippen molar-refractivity contribution in [2.75, 3.05) is 24.2 Å². The Kier molecular flexibility index (Phi) is 7.54. The third-order valence-electron chi connectivity index (χ3n) is 6.45. The Bertz CT molecular complexity index is 1210. The van der Waals surface area contributed by atoms with Crippen molar-refractivity contribution >= 4 is 38.2 Å². The quantitative estimate of drug-likeness (QED) is 0.430. The van der Waals surface area contributed by atoms with Crippen molar-refractivity contribution in [3.63, 3.8) is 0 Å². The predicted octanol–water partition coefficient (Wildman–Crippen LogP) is 5.82. The first-order valence-electron chi connectivity index (χ1n) is 11.5. The Balaban J connectivity index is 1.42. The Morgan fingerprint density at radius 2 is 2.03 bits per heavy atom. The standard InChI is InChI=1S/C24H31ClFN5OS/c1-3-11-30-33(32,15-18-6-9-22(26)21(25)13-18)14-17-4-7-19(8-5-17)31(2)24-20-10-12-27-23(20)28-16-29-24/h6,9-10,12-13,16-17,19H,3-5,7-8,11,14-15H2,1-2H3,(H,27,28,29). The van der Waals surface area contributed by atoms with E-state index in [1.807, 2.05) is 19.2 Å². The molecule has 33 heavy (non-hydrogen) atoms. The summed E-state index contributed by atoms with van der Waals surface area (Å²) in [6, 6.07) is 6.98. The van der Waals surface area contributed by atoms with E-state index in [2.05, 4.69) is 31.3 Å². The highest BCUT2D eigenvalue weighted by Crippen LogP contribution is 2.33. The Hall–Kier alpha value is -2.19.